The Morgan fingerprint density at radius 3 is 2.45 bits per heavy atom. The van der Waals surface area contributed by atoms with Crippen molar-refractivity contribution in [1.82, 2.24) is 4.72 Å². The molecule has 0 saturated carbocycles. The van der Waals surface area contributed by atoms with E-state index in [4.69, 9.17) is 9.47 Å². The van der Waals surface area contributed by atoms with E-state index >= 15 is 0 Å². The van der Waals surface area contributed by atoms with Gasteiger partial charge in [0.25, 0.3) is 0 Å². The van der Waals surface area contributed by atoms with E-state index in [1.165, 1.54) is 0 Å². The minimum absolute atomic E-state index is 0.244. The van der Waals surface area contributed by atoms with Crippen molar-refractivity contribution in [2.45, 2.75) is 11.3 Å². The largest absolute Gasteiger partial charge is 0.385 e. The Bertz CT molecular complexity index is 491. The van der Waals surface area contributed by atoms with Crippen LogP contribution in [0.15, 0.2) is 29.2 Å². The van der Waals surface area contributed by atoms with E-state index in [9.17, 15) is 8.42 Å². The van der Waals surface area contributed by atoms with Gasteiger partial charge in [0.2, 0.25) is 10.0 Å². The highest BCUT2D eigenvalue weighted by Crippen LogP contribution is 2.20. The lowest BCUT2D eigenvalue weighted by Crippen LogP contribution is -2.26. The molecule has 20 heavy (non-hydrogen) atoms. The van der Waals surface area contributed by atoms with Crippen molar-refractivity contribution in [2.24, 2.45) is 0 Å². The van der Waals surface area contributed by atoms with Crippen LogP contribution in [-0.4, -0.2) is 48.9 Å². The quantitative estimate of drug-likeness (QED) is 0.632. The van der Waals surface area contributed by atoms with Crippen LogP contribution in [0, 0.1) is 0 Å². The first kappa shape index (κ1) is 16.9. The number of hydrogen-bond donors (Lipinski definition) is 2. The molecule has 6 nitrogen and oxygen atoms in total. The number of hydrogen-bond acceptors (Lipinski definition) is 5. The molecule has 0 atom stereocenters. The first-order valence-corrected chi connectivity index (χ1v) is 7.90. The summed E-state index contributed by atoms with van der Waals surface area (Å²) in [4.78, 5) is 0.244. The number of anilines is 1. The lowest BCUT2D eigenvalue weighted by Gasteiger charge is -2.13. The summed E-state index contributed by atoms with van der Waals surface area (Å²) in [5, 5.41) is 3.05. The monoisotopic (exact) mass is 302 g/mol. The van der Waals surface area contributed by atoms with Crippen LogP contribution >= 0.6 is 0 Å². The van der Waals surface area contributed by atoms with Crippen LogP contribution in [0.1, 0.15) is 6.42 Å². The Kier molecular flexibility index (Phi) is 7.53. The number of methoxy groups -OCH3 is 2. The van der Waals surface area contributed by atoms with Gasteiger partial charge in [-0.1, -0.05) is 12.1 Å². The number of rotatable bonds is 10. The molecule has 0 amide bonds. The lowest BCUT2D eigenvalue weighted by molar-refractivity contribution is 0.196. The zero-order valence-corrected chi connectivity index (χ0v) is 12.7. The van der Waals surface area contributed by atoms with Crippen LogP contribution in [0.2, 0.25) is 0 Å². The fourth-order valence-corrected chi connectivity index (χ4v) is 2.89. The Balaban J connectivity index is 2.72. The average molecular weight is 302 g/mol. The number of nitrogens with one attached hydrogen (secondary N) is 2. The van der Waals surface area contributed by atoms with E-state index in [1.54, 1.807) is 38.5 Å². The zero-order valence-electron chi connectivity index (χ0n) is 11.9. The second-order valence-corrected chi connectivity index (χ2v) is 5.90. The van der Waals surface area contributed by atoms with Crippen LogP contribution < -0.4 is 10.0 Å². The third-order valence-corrected chi connectivity index (χ3v) is 4.13. The predicted octanol–water partition coefficient (Wildman–Crippen LogP) is 1.06. The molecule has 0 fully saturated rings. The van der Waals surface area contributed by atoms with E-state index in [2.05, 4.69) is 10.0 Å². The lowest BCUT2D eigenvalue weighted by atomic mass is 10.3. The first-order chi connectivity index (χ1) is 9.61. The molecular formula is C13H22N2O4S. The van der Waals surface area contributed by atoms with Gasteiger partial charge < -0.3 is 14.8 Å². The van der Waals surface area contributed by atoms with Crippen LogP contribution in [-0.2, 0) is 19.5 Å². The van der Waals surface area contributed by atoms with Gasteiger partial charge in [0.1, 0.15) is 4.90 Å². The normalized spacial score (nSPS) is 11.5. The topological polar surface area (TPSA) is 76.7 Å². The highest BCUT2D eigenvalue weighted by atomic mass is 32.2. The molecule has 1 aromatic rings. The van der Waals surface area contributed by atoms with Crippen LogP contribution in [0.25, 0.3) is 0 Å². The Morgan fingerprint density at radius 2 is 1.75 bits per heavy atom. The van der Waals surface area contributed by atoms with Crippen molar-refractivity contribution in [1.29, 1.82) is 0 Å². The van der Waals surface area contributed by atoms with E-state index in [0.29, 0.717) is 38.4 Å². The maximum atomic E-state index is 12.2. The van der Waals surface area contributed by atoms with Crippen molar-refractivity contribution in [3.8, 4) is 0 Å². The summed E-state index contributed by atoms with van der Waals surface area (Å²) in [7, 11) is -0.332. The van der Waals surface area contributed by atoms with Crippen LogP contribution in [0.5, 0.6) is 0 Å². The van der Waals surface area contributed by atoms with Crippen molar-refractivity contribution >= 4 is 15.7 Å². The number of ether oxygens (including phenoxy) is 2. The van der Waals surface area contributed by atoms with Gasteiger partial charge in [-0.2, -0.15) is 0 Å². The van der Waals surface area contributed by atoms with Gasteiger partial charge >= 0.3 is 0 Å². The van der Waals surface area contributed by atoms with E-state index in [0.717, 1.165) is 0 Å². The summed E-state index contributed by atoms with van der Waals surface area (Å²) in [5.74, 6) is 0. The van der Waals surface area contributed by atoms with E-state index in [-0.39, 0.29) is 4.90 Å². The standard InChI is InChI=1S/C13H22N2O4S/c1-18-10-5-8-15-20(16,17)13-7-4-3-6-12(13)14-9-11-19-2/h3-4,6-7,14-15H,5,8-11H2,1-2H3. The summed E-state index contributed by atoms with van der Waals surface area (Å²) in [6.07, 6.45) is 0.634. The summed E-state index contributed by atoms with van der Waals surface area (Å²) in [6, 6.07) is 6.80. The highest BCUT2D eigenvalue weighted by molar-refractivity contribution is 7.89. The molecule has 0 radical (unpaired) electrons. The molecule has 0 unspecified atom stereocenters. The molecule has 2 N–H and O–H groups in total. The van der Waals surface area contributed by atoms with Gasteiger partial charge in [0, 0.05) is 33.9 Å². The first-order valence-electron chi connectivity index (χ1n) is 6.42. The molecule has 0 aliphatic heterocycles. The second-order valence-electron chi connectivity index (χ2n) is 4.16. The van der Waals surface area contributed by atoms with Crippen molar-refractivity contribution in [3.05, 3.63) is 24.3 Å². The molecular weight excluding hydrogens is 280 g/mol. The fourth-order valence-electron chi connectivity index (χ4n) is 1.64. The van der Waals surface area contributed by atoms with Crippen molar-refractivity contribution < 1.29 is 17.9 Å². The molecule has 0 aliphatic carbocycles. The van der Waals surface area contributed by atoms with Gasteiger partial charge in [0.05, 0.1) is 12.3 Å². The summed E-state index contributed by atoms with van der Waals surface area (Å²) in [6.45, 7) is 1.93. The molecule has 0 bridgehead atoms. The van der Waals surface area contributed by atoms with Gasteiger partial charge in [-0.15, -0.1) is 0 Å². The number of sulfonamides is 1. The molecule has 0 heterocycles. The summed E-state index contributed by atoms with van der Waals surface area (Å²) >= 11 is 0. The Morgan fingerprint density at radius 1 is 1.05 bits per heavy atom. The number of benzene rings is 1. The van der Waals surface area contributed by atoms with Crippen LogP contribution in [0.3, 0.4) is 0 Å². The summed E-state index contributed by atoms with van der Waals surface area (Å²) < 4.78 is 36.8. The molecule has 7 heteroatoms. The molecule has 0 spiro atoms. The molecule has 1 aromatic carbocycles. The zero-order chi connectivity index (χ0) is 14.8. The van der Waals surface area contributed by atoms with Gasteiger partial charge in [-0.3, -0.25) is 0 Å². The Hall–Kier alpha value is -1.15. The third kappa shape index (κ3) is 5.46. The van der Waals surface area contributed by atoms with E-state index < -0.39 is 10.0 Å². The second kappa shape index (κ2) is 8.91. The highest BCUT2D eigenvalue weighted by Gasteiger charge is 2.17. The molecule has 114 valence electrons. The third-order valence-electron chi connectivity index (χ3n) is 2.62. The fraction of sp³-hybridized carbons (Fsp3) is 0.538. The molecule has 0 aromatic heterocycles. The van der Waals surface area contributed by atoms with Crippen molar-refractivity contribution in [3.63, 3.8) is 0 Å². The smallest absolute Gasteiger partial charge is 0.242 e. The molecule has 1 rings (SSSR count). The minimum atomic E-state index is -3.52. The average Bonchev–Trinajstić information content (AvgIpc) is 2.44. The maximum absolute atomic E-state index is 12.2. The molecule has 0 saturated heterocycles. The molecule has 0 aliphatic rings. The Labute approximate surface area is 120 Å². The van der Waals surface area contributed by atoms with Gasteiger partial charge in [0.15, 0.2) is 0 Å². The van der Waals surface area contributed by atoms with E-state index in [1.807, 2.05) is 0 Å². The number of para-hydroxylation sites is 1. The van der Waals surface area contributed by atoms with Crippen LogP contribution in [0.4, 0.5) is 5.69 Å². The SMILES string of the molecule is COCCCNS(=O)(=O)c1ccccc1NCCOC. The van der Waals surface area contributed by atoms with Gasteiger partial charge in [-0.25, -0.2) is 13.1 Å². The van der Waals surface area contributed by atoms with Gasteiger partial charge in [-0.05, 0) is 18.6 Å². The summed E-state index contributed by atoms with van der Waals surface area (Å²) in [5.41, 5.74) is 0.573. The maximum Gasteiger partial charge on any atom is 0.242 e. The minimum Gasteiger partial charge on any atom is -0.385 e. The predicted molar refractivity (Wildman–Crippen MR) is 78.5 cm³/mol. The van der Waals surface area contributed by atoms with Crippen molar-refractivity contribution in [2.75, 3.05) is 45.8 Å².